The highest BCUT2D eigenvalue weighted by molar-refractivity contribution is 5.83. The van der Waals surface area contributed by atoms with Crippen LogP contribution in [0.4, 0.5) is 4.79 Å². The predicted molar refractivity (Wildman–Crippen MR) is 73.4 cm³/mol. The highest BCUT2D eigenvalue weighted by Crippen LogP contribution is 2.20. The van der Waals surface area contributed by atoms with E-state index in [0.29, 0.717) is 0 Å². The number of carbonyl (C=O) groups excluding carboxylic acids is 1. The van der Waals surface area contributed by atoms with Crippen LogP contribution in [0.1, 0.15) is 51.4 Å². The quantitative estimate of drug-likeness (QED) is 0.713. The van der Waals surface area contributed by atoms with Crippen LogP contribution in [0.5, 0.6) is 0 Å². The molecule has 114 valence electrons. The van der Waals surface area contributed by atoms with Crippen LogP contribution in [0.25, 0.3) is 0 Å². The van der Waals surface area contributed by atoms with E-state index in [4.69, 9.17) is 5.11 Å². The summed E-state index contributed by atoms with van der Waals surface area (Å²) in [5.74, 6) is -1.05. The van der Waals surface area contributed by atoms with Crippen LogP contribution < -0.4 is 5.32 Å². The number of hydrogen-bond acceptors (Lipinski definition) is 3. The number of carboxylic acid groups (broad SMARTS) is 1. The SMILES string of the molecule is O=C(O)[C@@H]1CC(O)CN1C(=O)NC1CCCCCCC1. The molecule has 1 aliphatic heterocycles. The van der Waals surface area contributed by atoms with Gasteiger partial charge in [-0.2, -0.15) is 0 Å². The number of urea groups is 1. The topological polar surface area (TPSA) is 89.9 Å². The molecule has 0 radical (unpaired) electrons. The molecule has 1 saturated carbocycles. The molecular formula is C14H24N2O4. The van der Waals surface area contributed by atoms with Crippen LogP contribution in [0.2, 0.25) is 0 Å². The Bertz CT molecular complexity index is 353. The summed E-state index contributed by atoms with van der Waals surface area (Å²) >= 11 is 0. The fourth-order valence-corrected chi connectivity index (χ4v) is 3.13. The summed E-state index contributed by atoms with van der Waals surface area (Å²) in [5.41, 5.74) is 0. The zero-order valence-electron chi connectivity index (χ0n) is 11.8. The minimum absolute atomic E-state index is 0.107. The van der Waals surface area contributed by atoms with Gasteiger partial charge in [-0.25, -0.2) is 9.59 Å². The van der Waals surface area contributed by atoms with Gasteiger partial charge in [0, 0.05) is 19.0 Å². The number of carboxylic acids is 1. The zero-order chi connectivity index (χ0) is 14.5. The van der Waals surface area contributed by atoms with Crippen molar-refractivity contribution >= 4 is 12.0 Å². The summed E-state index contributed by atoms with van der Waals surface area (Å²) in [6.07, 6.45) is 7.18. The average molecular weight is 284 g/mol. The fraction of sp³-hybridized carbons (Fsp3) is 0.857. The molecule has 6 nitrogen and oxygen atoms in total. The van der Waals surface area contributed by atoms with Gasteiger partial charge < -0.3 is 20.4 Å². The standard InChI is InChI=1S/C14H24N2O4/c17-11-8-12(13(18)19)16(9-11)14(20)15-10-6-4-2-1-3-5-7-10/h10-12,17H,1-9H2,(H,15,20)(H,18,19)/t11?,12-/m0/s1. The third-order valence-corrected chi connectivity index (χ3v) is 4.26. The minimum atomic E-state index is -1.05. The van der Waals surface area contributed by atoms with E-state index in [0.717, 1.165) is 25.7 Å². The van der Waals surface area contributed by atoms with Gasteiger partial charge in [-0.3, -0.25) is 0 Å². The first-order valence-electron chi connectivity index (χ1n) is 7.56. The Morgan fingerprint density at radius 2 is 1.65 bits per heavy atom. The lowest BCUT2D eigenvalue weighted by Crippen LogP contribution is -2.49. The minimum Gasteiger partial charge on any atom is -0.480 e. The second-order valence-electron chi connectivity index (χ2n) is 5.89. The molecule has 2 fully saturated rings. The number of likely N-dealkylation sites (tertiary alicyclic amines) is 1. The number of hydrogen-bond donors (Lipinski definition) is 3. The van der Waals surface area contributed by atoms with Gasteiger partial charge in [0.15, 0.2) is 0 Å². The van der Waals surface area contributed by atoms with Crippen molar-refractivity contribution in [1.29, 1.82) is 0 Å². The summed E-state index contributed by atoms with van der Waals surface area (Å²) in [6.45, 7) is 0.107. The van der Waals surface area contributed by atoms with Gasteiger partial charge in [-0.15, -0.1) is 0 Å². The first-order chi connectivity index (χ1) is 9.58. The van der Waals surface area contributed by atoms with Gasteiger partial charge in [0.25, 0.3) is 0 Å². The van der Waals surface area contributed by atoms with E-state index in [2.05, 4.69) is 5.32 Å². The Kier molecular flexibility index (Phi) is 5.23. The van der Waals surface area contributed by atoms with Crippen molar-refractivity contribution in [2.24, 2.45) is 0 Å². The van der Waals surface area contributed by atoms with Gasteiger partial charge in [0.1, 0.15) is 6.04 Å². The summed E-state index contributed by atoms with van der Waals surface area (Å²) in [4.78, 5) is 24.6. The van der Waals surface area contributed by atoms with E-state index in [1.54, 1.807) is 0 Å². The molecule has 2 aliphatic rings. The molecule has 1 aliphatic carbocycles. The lowest BCUT2D eigenvalue weighted by molar-refractivity contribution is -0.141. The molecule has 0 aromatic rings. The first-order valence-corrected chi connectivity index (χ1v) is 7.56. The molecule has 3 N–H and O–H groups in total. The van der Waals surface area contributed by atoms with Crippen LogP contribution in [0, 0.1) is 0 Å². The Labute approximate surface area is 119 Å². The molecule has 0 spiro atoms. The van der Waals surface area contributed by atoms with Crippen LogP contribution >= 0.6 is 0 Å². The Balaban J connectivity index is 1.90. The second kappa shape index (κ2) is 6.92. The maximum atomic E-state index is 12.2. The number of rotatable bonds is 2. The van der Waals surface area contributed by atoms with Crippen LogP contribution in [0.3, 0.4) is 0 Å². The number of β-amino-alcohol motifs (C(OH)–C–C–N with tert-alkyl or cyclic N) is 1. The first kappa shape index (κ1) is 15.1. The van der Waals surface area contributed by atoms with Crippen LogP contribution in [-0.4, -0.2) is 51.8 Å². The number of nitrogens with one attached hydrogen (secondary N) is 1. The van der Waals surface area contributed by atoms with E-state index in [1.807, 2.05) is 0 Å². The molecule has 6 heteroatoms. The summed E-state index contributed by atoms with van der Waals surface area (Å²) in [6, 6.07) is -1.12. The van der Waals surface area contributed by atoms with Crippen molar-refractivity contribution in [1.82, 2.24) is 10.2 Å². The van der Waals surface area contributed by atoms with E-state index in [9.17, 15) is 14.7 Å². The molecule has 0 aromatic heterocycles. The lowest BCUT2D eigenvalue weighted by atomic mass is 9.97. The van der Waals surface area contributed by atoms with Crippen molar-refractivity contribution in [2.45, 2.75) is 69.6 Å². The normalized spacial score (nSPS) is 28.8. The molecule has 0 aromatic carbocycles. The maximum absolute atomic E-state index is 12.2. The highest BCUT2D eigenvalue weighted by Gasteiger charge is 2.39. The molecule has 1 saturated heterocycles. The van der Waals surface area contributed by atoms with E-state index >= 15 is 0 Å². The molecule has 2 atom stereocenters. The maximum Gasteiger partial charge on any atom is 0.326 e. The third kappa shape index (κ3) is 3.85. The van der Waals surface area contributed by atoms with Gasteiger partial charge in [-0.1, -0.05) is 32.1 Å². The van der Waals surface area contributed by atoms with Crippen molar-refractivity contribution in [3.63, 3.8) is 0 Å². The number of nitrogens with zero attached hydrogens (tertiary/aromatic N) is 1. The Hall–Kier alpha value is -1.30. The van der Waals surface area contributed by atoms with E-state index in [-0.39, 0.29) is 25.0 Å². The number of amides is 2. The number of carbonyl (C=O) groups is 2. The molecule has 1 unspecified atom stereocenters. The lowest BCUT2D eigenvalue weighted by Gasteiger charge is -2.26. The zero-order valence-corrected chi connectivity index (χ0v) is 11.8. The summed E-state index contributed by atoms with van der Waals surface area (Å²) in [7, 11) is 0. The van der Waals surface area contributed by atoms with Gasteiger partial charge in [0.05, 0.1) is 6.10 Å². The monoisotopic (exact) mass is 284 g/mol. The Morgan fingerprint density at radius 3 is 2.25 bits per heavy atom. The molecule has 2 rings (SSSR count). The highest BCUT2D eigenvalue weighted by atomic mass is 16.4. The third-order valence-electron chi connectivity index (χ3n) is 4.26. The molecule has 20 heavy (non-hydrogen) atoms. The van der Waals surface area contributed by atoms with E-state index < -0.39 is 18.1 Å². The fourth-order valence-electron chi connectivity index (χ4n) is 3.13. The molecule has 2 amide bonds. The van der Waals surface area contributed by atoms with Gasteiger partial charge in [0.2, 0.25) is 0 Å². The Morgan fingerprint density at radius 1 is 1.05 bits per heavy atom. The summed E-state index contributed by atoms with van der Waals surface area (Å²) < 4.78 is 0. The van der Waals surface area contributed by atoms with Crippen LogP contribution in [-0.2, 0) is 4.79 Å². The van der Waals surface area contributed by atoms with E-state index in [1.165, 1.54) is 24.2 Å². The van der Waals surface area contributed by atoms with Crippen molar-refractivity contribution in [2.75, 3.05) is 6.54 Å². The van der Waals surface area contributed by atoms with Crippen molar-refractivity contribution in [3.8, 4) is 0 Å². The van der Waals surface area contributed by atoms with Crippen molar-refractivity contribution in [3.05, 3.63) is 0 Å². The average Bonchev–Trinajstić information content (AvgIpc) is 2.75. The molecular weight excluding hydrogens is 260 g/mol. The number of aliphatic hydroxyl groups is 1. The number of aliphatic carboxylic acids is 1. The molecule has 0 bridgehead atoms. The smallest absolute Gasteiger partial charge is 0.326 e. The van der Waals surface area contributed by atoms with Crippen molar-refractivity contribution < 1.29 is 19.8 Å². The largest absolute Gasteiger partial charge is 0.480 e. The molecule has 1 heterocycles. The number of aliphatic hydroxyl groups excluding tert-OH is 1. The second-order valence-corrected chi connectivity index (χ2v) is 5.89. The van der Waals surface area contributed by atoms with Crippen LogP contribution in [0.15, 0.2) is 0 Å². The van der Waals surface area contributed by atoms with Gasteiger partial charge in [-0.05, 0) is 12.8 Å². The van der Waals surface area contributed by atoms with Gasteiger partial charge >= 0.3 is 12.0 Å². The predicted octanol–water partition coefficient (Wildman–Crippen LogP) is 1.33. The summed E-state index contributed by atoms with van der Waals surface area (Å²) in [5, 5.41) is 21.6.